The number of hydrogen-bond donors (Lipinski definition) is 1. The lowest BCUT2D eigenvalue weighted by atomic mass is 10.1. The fraction of sp³-hybridized carbons (Fsp3) is 0.571. The van der Waals surface area contributed by atoms with E-state index in [1.54, 1.807) is 0 Å². The van der Waals surface area contributed by atoms with Gasteiger partial charge in [0.25, 0.3) is 0 Å². The molecule has 1 aliphatic rings. The average Bonchev–Trinajstić information content (AvgIpc) is 2.74. The molecule has 0 aromatic heterocycles. The summed E-state index contributed by atoms with van der Waals surface area (Å²) in [6.07, 6.45) is 2.50. The molecule has 1 aromatic rings. The van der Waals surface area contributed by atoms with Gasteiger partial charge in [0.1, 0.15) is 0 Å². The molecule has 3 nitrogen and oxygen atoms in total. The summed E-state index contributed by atoms with van der Waals surface area (Å²) in [4.78, 5) is 2.39. The highest BCUT2D eigenvalue weighted by atomic mass is 16.5. The number of nitrogens with two attached hydrogens (primary N) is 1. The van der Waals surface area contributed by atoms with Crippen LogP contribution in [0.3, 0.4) is 0 Å². The van der Waals surface area contributed by atoms with E-state index in [1.165, 1.54) is 5.56 Å². The molecule has 94 valence electrons. The molecule has 0 radical (unpaired) electrons. The number of rotatable bonds is 4. The zero-order chi connectivity index (χ0) is 12.3. The van der Waals surface area contributed by atoms with Crippen molar-refractivity contribution in [2.75, 3.05) is 25.9 Å². The molecule has 2 atom stereocenters. The van der Waals surface area contributed by atoms with Gasteiger partial charge in [-0.2, -0.15) is 0 Å². The van der Waals surface area contributed by atoms with Crippen LogP contribution in [-0.4, -0.2) is 37.2 Å². The highest BCUT2D eigenvalue weighted by molar-refractivity contribution is 5.46. The van der Waals surface area contributed by atoms with Crippen molar-refractivity contribution in [1.82, 2.24) is 4.90 Å². The van der Waals surface area contributed by atoms with E-state index in [1.807, 2.05) is 18.2 Å². The van der Waals surface area contributed by atoms with Crippen molar-refractivity contribution in [2.45, 2.75) is 31.9 Å². The highest BCUT2D eigenvalue weighted by Crippen LogP contribution is 2.19. The first-order valence-corrected chi connectivity index (χ1v) is 6.33. The molecule has 3 heteroatoms. The molecule has 0 bridgehead atoms. The normalized spacial score (nSPS) is 24.4. The summed E-state index contributed by atoms with van der Waals surface area (Å²) in [5.41, 5.74) is 8.09. The van der Waals surface area contributed by atoms with Gasteiger partial charge < -0.3 is 15.4 Å². The third kappa shape index (κ3) is 2.99. The van der Waals surface area contributed by atoms with E-state index in [2.05, 4.69) is 24.9 Å². The molecular formula is C14H22N2O. The second-order valence-corrected chi connectivity index (χ2v) is 4.86. The number of nitrogens with zero attached hydrogens (tertiary/aromatic N) is 1. The monoisotopic (exact) mass is 234 g/mol. The molecule has 0 amide bonds. The van der Waals surface area contributed by atoms with Crippen LogP contribution in [0.4, 0.5) is 5.69 Å². The summed E-state index contributed by atoms with van der Waals surface area (Å²) in [5, 5.41) is 0. The minimum Gasteiger partial charge on any atom is -0.399 e. The molecule has 17 heavy (non-hydrogen) atoms. The van der Waals surface area contributed by atoms with Gasteiger partial charge >= 0.3 is 0 Å². The molecule has 2 unspecified atom stereocenters. The Morgan fingerprint density at radius 3 is 2.82 bits per heavy atom. The number of nitrogen functional groups attached to an aromatic ring is 1. The minimum absolute atomic E-state index is 0.355. The van der Waals surface area contributed by atoms with Gasteiger partial charge in [0.05, 0.1) is 6.10 Å². The van der Waals surface area contributed by atoms with Crippen molar-refractivity contribution in [3.05, 3.63) is 29.8 Å². The van der Waals surface area contributed by atoms with E-state index in [4.69, 9.17) is 10.5 Å². The fourth-order valence-electron chi connectivity index (χ4n) is 2.52. The predicted octanol–water partition coefficient (Wildman–Crippen LogP) is 1.92. The van der Waals surface area contributed by atoms with Gasteiger partial charge in [0.2, 0.25) is 0 Å². The van der Waals surface area contributed by atoms with Gasteiger partial charge in [-0.3, -0.25) is 0 Å². The Morgan fingerprint density at radius 1 is 1.41 bits per heavy atom. The standard InChI is InChI=1S/C14H22N2O/c1-11-14(8-10-17-11)16(2)9-7-12-5-3-4-6-13(12)15/h3-6,11,14H,7-10,15H2,1-2H3. The smallest absolute Gasteiger partial charge is 0.0702 e. The second-order valence-electron chi connectivity index (χ2n) is 4.86. The molecule has 2 N–H and O–H groups in total. The molecule has 1 heterocycles. The number of ether oxygens (including phenoxy) is 1. The fourth-order valence-corrected chi connectivity index (χ4v) is 2.52. The highest BCUT2D eigenvalue weighted by Gasteiger charge is 2.27. The summed E-state index contributed by atoms with van der Waals surface area (Å²) in [5.74, 6) is 0. The van der Waals surface area contributed by atoms with Crippen molar-refractivity contribution in [1.29, 1.82) is 0 Å². The molecule has 0 aliphatic carbocycles. The Morgan fingerprint density at radius 2 is 2.18 bits per heavy atom. The molecule has 0 spiro atoms. The lowest BCUT2D eigenvalue weighted by molar-refractivity contribution is 0.0841. The van der Waals surface area contributed by atoms with Crippen molar-refractivity contribution >= 4 is 5.69 Å². The van der Waals surface area contributed by atoms with Crippen LogP contribution in [0.5, 0.6) is 0 Å². The first-order valence-electron chi connectivity index (χ1n) is 6.33. The van der Waals surface area contributed by atoms with E-state index in [0.717, 1.165) is 31.7 Å². The van der Waals surface area contributed by atoms with Crippen LogP contribution in [-0.2, 0) is 11.2 Å². The molecular weight excluding hydrogens is 212 g/mol. The van der Waals surface area contributed by atoms with Crippen molar-refractivity contribution < 1.29 is 4.74 Å². The van der Waals surface area contributed by atoms with E-state index < -0.39 is 0 Å². The largest absolute Gasteiger partial charge is 0.399 e. The number of likely N-dealkylation sites (N-methyl/N-ethyl adjacent to an activating group) is 1. The van der Waals surface area contributed by atoms with Crippen molar-refractivity contribution in [3.63, 3.8) is 0 Å². The van der Waals surface area contributed by atoms with E-state index in [9.17, 15) is 0 Å². The molecule has 2 rings (SSSR count). The van der Waals surface area contributed by atoms with Crippen LogP contribution in [0.25, 0.3) is 0 Å². The quantitative estimate of drug-likeness (QED) is 0.809. The lowest BCUT2D eigenvalue weighted by Crippen LogP contribution is -2.38. The summed E-state index contributed by atoms with van der Waals surface area (Å²) >= 11 is 0. The Kier molecular flexibility index (Phi) is 4.02. The maximum atomic E-state index is 5.94. The van der Waals surface area contributed by atoms with Crippen LogP contribution >= 0.6 is 0 Å². The lowest BCUT2D eigenvalue weighted by Gasteiger charge is -2.26. The SMILES string of the molecule is CC1OCCC1N(C)CCc1ccccc1N. The first-order chi connectivity index (χ1) is 8.18. The topological polar surface area (TPSA) is 38.5 Å². The van der Waals surface area contributed by atoms with Crippen LogP contribution in [0.1, 0.15) is 18.9 Å². The summed E-state index contributed by atoms with van der Waals surface area (Å²) in [7, 11) is 2.18. The van der Waals surface area contributed by atoms with Crippen LogP contribution in [0, 0.1) is 0 Å². The maximum absolute atomic E-state index is 5.94. The van der Waals surface area contributed by atoms with E-state index in [-0.39, 0.29) is 0 Å². The first kappa shape index (κ1) is 12.4. The van der Waals surface area contributed by atoms with Crippen LogP contribution < -0.4 is 5.73 Å². The van der Waals surface area contributed by atoms with E-state index >= 15 is 0 Å². The number of hydrogen-bond acceptors (Lipinski definition) is 3. The zero-order valence-electron chi connectivity index (χ0n) is 10.7. The minimum atomic E-state index is 0.355. The van der Waals surface area contributed by atoms with Crippen LogP contribution in [0.2, 0.25) is 0 Å². The van der Waals surface area contributed by atoms with Gasteiger partial charge in [0, 0.05) is 24.9 Å². The number of anilines is 1. The Labute approximate surface area is 104 Å². The second kappa shape index (κ2) is 5.52. The summed E-state index contributed by atoms with van der Waals surface area (Å²) in [6.45, 7) is 4.08. The van der Waals surface area contributed by atoms with Gasteiger partial charge in [0.15, 0.2) is 0 Å². The van der Waals surface area contributed by atoms with Gasteiger partial charge in [-0.1, -0.05) is 18.2 Å². The van der Waals surface area contributed by atoms with E-state index in [0.29, 0.717) is 12.1 Å². The van der Waals surface area contributed by atoms with Gasteiger partial charge in [-0.25, -0.2) is 0 Å². The van der Waals surface area contributed by atoms with Gasteiger partial charge in [-0.05, 0) is 38.4 Å². The Hall–Kier alpha value is -1.06. The van der Waals surface area contributed by atoms with Crippen molar-refractivity contribution in [2.24, 2.45) is 0 Å². The predicted molar refractivity (Wildman–Crippen MR) is 71.0 cm³/mol. The zero-order valence-corrected chi connectivity index (χ0v) is 10.7. The van der Waals surface area contributed by atoms with Crippen molar-refractivity contribution in [3.8, 4) is 0 Å². The third-order valence-corrected chi connectivity index (χ3v) is 3.69. The summed E-state index contributed by atoms with van der Waals surface area (Å²) in [6, 6.07) is 8.66. The molecule has 1 aromatic carbocycles. The Bertz CT molecular complexity index is 367. The molecule has 0 saturated carbocycles. The van der Waals surface area contributed by atoms with Crippen LogP contribution in [0.15, 0.2) is 24.3 Å². The number of para-hydroxylation sites is 1. The number of benzene rings is 1. The average molecular weight is 234 g/mol. The van der Waals surface area contributed by atoms with Gasteiger partial charge in [-0.15, -0.1) is 0 Å². The Balaban J connectivity index is 1.88. The summed E-state index contributed by atoms with van der Waals surface area (Å²) < 4.78 is 5.60. The maximum Gasteiger partial charge on any atom is 0.0702 e. The third-order valence-electron chi connectivity index (χ3n) is 3.69. The molecule has 1 aliphatic heterocycles. The molecule has 1 saturated heterocycles. The molecule has 1 fully saturated rings.